The number of nitrogens with one attached hydrogen (secondary N) is 1. The number of methoxy groups -OCH3 is 1. The lowest BCUT2D eigenvalue weighted by molar-refractivity contribution is -0.264. The first-order valence-electron chi connectivity index (χ1n) is 12.8. The van der Waals surface area contributed by atoms with E-state index < -0.39 is 11.7 Å². The monoisotopic (exact) mass is 526 g/mol. The molecule has 6 nitrogen and oxygen atoms in total. The summed E-state index contributed by atoms with van der Waals surface area (Å²) >= 11 is 0. The molecule has 1 heterocycles. The van der Waals surface area contributed by atoms with Crippen molar-refractivity contribution in [3.05, 3.63) is 65.4 Å². The molecule has 200 valence electrons. The molecule has 0 radical (unpaired) electrons. The number of alkyl halides is 3. The van der Waals surface area contributed by atoms with Gasteiger partial charge >= 0.3 is 6.30 Å². The van der Waals surface area contributed by atoms with Gasteiger partial charge < -0.3 is 14.3 Å². The fourth-order valence-electron chi connectivity index (χ4n) is 5.16. The van der Waals surface area contributed by atoms with Crippen LogP contribution in [-0.4, -0.2) is 30.3 Å². The maximum atomic E-state index is 13.0. The Morgan fingerprint density at radius 3 is 2.53 bits per heavy atom. The third-order valence-corrected chi connectivity index (χ3v) is 7.34. The first-order valence-corrected chi connectivity index (χ1v) is 12.8. The SMILES string of the molecule is COc1ccc(C2(C#Cc3cccc(C4=CN(C(F)(F)F)NO4)c3)CCC(=O)CC2)cc1OC1CCCC1. The lowest BCUT2D eigenvalue weighted by Gasteiger charge is -2.33. The molecule has 1 aliphatic heterocycles. The Morgan fingerprint density at radius 1 is 1.08 bits per heavy atom. The average molecular weight is 527 g/mol. The van der Waals surface area contributed by atoms with Crippen molar-refractivity contribution >= 4 is 11.5 Å². The van der Waals surface area contributed by atoms with Crippen molar-refractivity contribution in [2.75, 3.05) is 7.11 Å². The summed E-state index contributed by atoms with van der Waals surface area (Å²) in [6.45, 7) is 0. The van der Waals surface area contributed by atoms with Crippen molar-refractivity contribution < 1.29 is 32.3 Å². The number of ketones is 1. The van der Waals surface area contributed by atoms with Crippen LogP contribution < -0.4 is 15.1 Å². The molecular weight excluding hydrogens is 497 g/mol. The lowest BCUT2D eigenvalue weighted by Crippen LogP contribution is -2.40. The number of hydrazine groups is 1. The number of Topliss-reactive ketones (excluding diaryl/α,β-unsaturated/α-hetero) is 1. The van der Waals surface area contributed by atoms with Gasteiger partial charge in [-0.25, -0.2) is 0 Å². The minimum atomic E-state index is -4.61. The first-order chi connectivity index (χ1) is 18.3. The van der Waals surface area contributed by atoms with E-state index in [2.05, 4.69) is 11.8 Å². The summed E-state index contributed by atoms with van der Waals surface area (Å²) < 4.78 is 50.7. The topological polar surface area (TPSA) is 60.0 Å². The van der Waals surface area contributed by atoms with Crippen LogP contribution in [0.2, 0.25) is 0 Å². The van der Waals surface area contributed by atoms with Crippen molar-refractivity contribution in [2.24, 2.45) is 0 Å². The van der Waals surface area contributed by atoms with Gasteiger partial charge in [0.05, 0.1) is 24.8 Å². The zero-order valence-corrected chi connectivity index (χ0v) is 21.1. The maximum absolute atomic E-state index is 13.0. The molecule has 0 unspecified atom stereocenters. The van der Waals surface area contributed by atoms with Crippen molar-refractivity contribution in [1.82, 2.24) is 10.6 Å². The smallest absolute Gasteiger partial charge is 0.493 e. The van der Waals surface area contributed by atoms with E-state index in [1.165, 1.54) is 0 Å². The lowest BCUT2D eigenvalue weighted by atomic mass is 9.69. The van der Waals surface area contributed by atoms with Crippen molar-refractivity contribution in [2.45, 2.75) is 69.2 Å². The highest BCUT2D eigenvalue weighted by atomic mass is 19.4. The van der Waals surface area contributed by atoms with Gasteiger partial charge in [-0.2, -0.15) is 5.01 Å². The van der Waals surface area contributed by atoms with E-state index in [1.54, 1.807) is 31.4 Å². The van der Waals surface area contributed by atoms with Crippen LogP contribution in [0.25, 0.3) is 5.76 Å². The molecule has 5 rings (SSSR count). The van der Waals surface area contributed by atoms with Crippen LogP contribution in [0.3, 0.4) is 0 Å². The molecule has 0 amide bonds. The van der Waals surface area contributed by atoms with Crippen LogP contribution in [0.15, 0.2) is 48.7 Å². The minimum Gasteiger partial charge on any atom is -0.493 e. The Morgan fingerprint density at radius 2 is 1.84 bits per heavy atom. The number of halogens is 3. The number of rotatable bonds is 5. The predicted octanol–water partition coefficient (Wildman–Crippen LogP) is 6.02. The Hall–Kier alpha value is -3.64. The first kappa shape index (κ1) is 26.0. The molecule has 2 aliphatic carbocycles. The second kappa shape index (κ2) is 10.6. The van der Waals surface area contributed by atoms with Gasteiger partial charge in [-0.1, -0.05) is 35.6 Å². The molecule has 2 aromatic carbocycles. The summed E-state index contributed by atoms with van der Waals surface area (Å²) in [5.41, 5.74) is 3.33. The number of carbonyl (C=O) groups is 1. The van der Waals surface area contributed by atoms with Gasteiger partial charge in [-0.15, -0.1) is 13.2 Å². The Balaban J connectivity index is 1.46. The highest BCUT2D eigenvalue weighted by molar-refractivity contribution is 5.80. The van der Waals surface area contributed by atoms with Crippen molar-refractivity contribution in [1.29, 1.82) is 0 Å². The molecule has 2 aromatic rings. The average Bonchev–Trinajstić information content (AvgIpc) is 3.62. The number of carbonyl (C=O) groups excluding carboxylic acids is 1. The minimum absolute atomic E-state index is 0.0350. The van der Waals surface area contributed by atoms with Gasteiger partial charge in [0.2, 0.25) is 0 Å². The van der Waals surface area contributed by atoms with Crippen LogP contribution in [0, 0.1) is 11.8 Å². The summed E-state index contributed by atoms with van der Waals surface area (Å²) in [6.07, 6.45) is 2.74. The number of ether oxygens (including phenoxy) is 2. The zero-order valence-electron chi connectivity index (χ0n) is 21.1. The molecule has 1 N–H and O–H groups in total. The Labute approximate surface area is 219 Å². The summed E-state index contributed by atoms with van der Waals surface area (Å²) in [4.78, 5) is 17.2. The number of benzene rings is 2. The highest BCUT2D eigenvalue weighted by Crippen LogP contribution is 2.42. The van der Waals surface area contributed by atoms with Gasteiger partial charge in [0, 0.05) is 24.0 Å². The van der Waals surface area contributed by atoms with E-state index in [1.807, 2.05) is 23.8 Å². The highest BCUT2D eigenvalue weighted by Gasteiger charge is 2.40. The van der Waals surface area contributed by atoms with Gasteiger partial charge in [-0.3, -0.25) is 4.79 Å². The van der Waals surface area contributed by atoms with E-state index in [0.717, 1.165) is 37.4 Å². The molecule has 9 heteroatoms. The third kappa shape index (κ3) is 5.60. The standard InChI is InChI=1S/C29H29F3N2O4/c1-36-25-10-9-22(18-26(25)37-24-7-2-3-8-24)28(15-12-23(35)13-16-28)14-11-20-5-4-6-21(17-20)27-19-34(33-38-27)29(30,31)32/h4-6,9-10,17-19,24,33H,2-3,7-8,12-13,15-16H2,1H3. The Kier molecular flexibility index (Phi) is 7.26. The molecule has 3 aliphatic rings. The van der Waals surface area contributed by atoms with Crippen molar-refractivity contribution in [3.8, 4) is 23.3 Å². The molecule has 0 bridgehead atoms. The second-order valence-electron chi connectivity index (χ2n) is 9.87. The number of hydrogen-bond donors (Lipinski definition) is 1. The largest absolute Gasteiger partial charge is 0.501 e. The molecule has 0 atom stereocenters. The zero-order chi connectivity index (χ0) is 26.8. The van der Waals surface area contributed by atoms with E-state index >= 15 is 0 Å². The molecule has 0 aromatic heterocycles. The molecule has 2 fully saturated rings. The van der Waals surface area contributed by atoms with Gasteiger partial charge in [0.25, 0.3) is 0 Å². The normalized spacial score (nSPS) is 19.4. The summed E-state index contributed by atoms with van der Waals surface area (Å²) in [5.74, 6) is 8.25. The molecular formula is C29H29F3N2O4. The van der Waals surface area contributed by atoms with E-state index in [0.29, 0.717) is 48.3 Å². The number of nitrogens with zero attached hydrogens (tertiary/aromatic N) is 1. The fraction of sp³-hybridized carbons (Fsp3) is 0.414. The van der Waals surface area contributed by atoms with Crippen molar-refractivity contribution in [3.63, 3.8) is 0 Å². The predicted molar refractivity (Wildman–Crippen MR) is 134 cm³/mol. The Bertz CT molecular complexity index is 1280. The van der Waals surface area contributed by atoms with Gasteiger partial charge in [0.15, 0.2) is 17.3 Å². The summed E-state index contributed by atoms with van der Waals surface area (Å²) in [6, 6.07) is 12.7. The van der Waals surface area contributed by atoms with Gasteiger partial charge in [-0.05, 0) is 68.4 Å². The molecule has 38 heavy (non-hydrogen) atoms. The molecule has 0 spiro atoms. The van der Waals surface area contributed by atoms with E-state index in [4.69, 9.17) is 14.3 Å². The van der Waals surface area contributed by atoms with Crippen LogP contribution >= 0.6 is 0 Å². The fourth-order valence-corrected chi connectivity index (χ4v) is 5.16. The van der Waals surface area contributed by atoms with Crippen LogP contribution in [0.1, 0.15) is 68.1 Å². The summed E-state index contributed by atoms with van der Waals surface area (Å²) in [7, 11) is 1.62. The quantitative estimate of drug-likeness (QED) is 0.380. The summed E-state index contributed by atoms with van der Waals surface area (Å²) in [5, 5.41) is -0.0520. The van der Waals surface area contributed by atoms with Crippen LogP contribution in [0.4, 0.5) is 13.2 Å². The van der Waals surface area contributed by atoms with Gasteiger partial charge in [0.1, 0.15) is 5.78 Å². The second-order valence-corrected chi connectivity index (χ2v) is 9.87. The van der Waals surface area contributed by atoms with Crippen LogP contribution in [0.5, 0.6) is 11.5 Å². The number of hydrogen-bond acceptors (Lipinski definition) is 6. The van der Waals surface area contributed by atoms with E-state index in [-0.39, 0.29) is 22.7 Å². The molecule has 2 saturated carbocycles. The van der Waals surface area contributed by atoms with Crippen LogP contribution in [-0.2, 0) is 15.0 Å². The third-order valence-electron chi connectivity index (χ3n) is 7.34. The van der Waals surface area contributed by atoms with E-state index in [9.17, 15) is 18.0 Å². The maximum Gasteiger partial charge on any atom is 0.501 e. The molecule has 0 saturated heterocycles.